The lowest BCUT2D eigenvalue weighted by molar-refractivity contribution is 0.0520. The molecule has 0 spiro atoms. The molecule has 0 aliphatic carbocycles. The average Bonchev–Trinajstić information content (AvgIpc) is 3.17. The van der Waals surface area contributed by atoms with Gasteiger partial charge in [0.2, 0.25) is 0 Å². The van der Waals surface area contributed by atoms with Crippen molar-refractivity contribution in [3.05, 3.63) is 71.0 Å². The van der Waals surface area contributed by atoms with Gasteiger partial charge >= 0.3 is 5.97 Å². The predicted molar refractivity (Wildman–Crippen MR) is 110 cm³/mol. The molecule has 3 aromatic rings. The Morgan fingerprint density at radius 1 is 1.17 bits per heavy atom. The van der Waals surface area contributed by atoms with E-state index in [1.807, 2.05) is 0 Å². The van der Waals surface area contributed by atoms with E-state index in [9.17, 15) is 22.4 Å². The number of ether oxygens (including phenoxy) is 1. The van der Waals surface area contributed by atoms with Gasteiger partial charge in [-0.2, -0.15) is 0 Å². The van der Waals surface area contributed by atoms with Crippen LogP contribution in [0.15, 0.2) is 58.8 Å². The third-order valence-corrected chi connectivity index (χ3v) is 5.87. The number of nitrogens with zero attached hydrogens (tertiary/aromatic N) is 1. The first-order valence-electron chi connectivity index (χ1n) is 8.61. The van der Waals surface area contributed by atoms with Crippen molar-refractivity contribution in [2.24, 2.45) is 0 Å². The van der Waals surface area contributed by atoms with Gasteiger partial charge < -0.3 is 4.74 Å². The molecule has 8 nitrogen and oxygen atoms in total. The minimum Gasteiger partial charge on any atom is -0.461 e. The molecular formula is C19H16FN3O5S2. The topological polar surface area (TPSA) is 114 Å². The van der Waals surface area contributed by atoms with E-state index in [0.29, 0.717) is 0 Å². The number of benzene rings is 2. The molecule has 0 aliphatic heterocycles. The number of nitrogens with one attached hydrogen (secondary N) is 2. The van der Waals surface area contributed by atoms with Crippen molar-refractivity contribution < 1.29 is 27.1 Å². The number of amides is 1. The van der Waals surface area contributed by atoms with E-state index < -0.39 is 27.7 Å². The number of sulfonamides is 1. The van der Waals surface area contributed by atoms with Crippen molar-refractivity contribution in [1.82, 2.24) is 4.98 Å². The van der Waals surface area contributed by atoms with Crippen LogP contribution < -0.4 is 10.0 Å². The van der Waals surface area contributed by atoms with Gasteiger partial charge in [0.25, 0.3) is 15.9 Å². The summed E-state index contributed by atoms with van der Waals surface area (Å²) >= 11 is 1.05. The van der Waals surface area contributed by atoms with Gasteiger partial charge in [0.05, 0.1) is 11.5 Å². The summed E-state index contributed by atoms with van der Waals surface area (Å²) in [5.41, 5.74) is 0.401. The van der Waals surface area contributed by atoms with Crippen LogP contribution in [0.2, 0.25) is 0 Å². The molecule has 0 fully saturated rings. The van der Waals surface area contributed by atoms with Gasteiger partial charge in [0.1, 0.15) is 5.82 Å². The van der Waals surface area contributed by atoms with Crippen LogP contribution in [0.4, 0.5) is 15.2 Å². The number of hydrogen-bond acceptors (Lipinski definition) is 7. The summed E-state index contributed by atoms with van der Waals surface area (Å²) in [5, 5.41) is 4.20. The molecule has 2 N–H and O–H groups in total. The Labute approximate surface area is 175 Å². The van der Waals surface area contributed by atoms with E-state index in [1.165, 1.54) is 29.6 Å². The fourth-order valence-electron chi connectivity index (χ4n) is 2.35. The molecular weight excluding hydrogens is 433 g/mol. The molecule has 156 valence electrons. The smallest absolute Gasteiger partial charge is 0.357 e. The number of carbonyl (C=O) groups is 2. The molecule has 0 saturated carbocycles. The molecule has 2 aromatic carbocycles. The zero-order valence-corrected chi connectivity index (χ0v) is 17.2. The maximum absolute atomic E-state index is 13.0. The van der Waals surface area contributed by atoms with Gasteiger partial charge in [-0.15, -0.1) is 11.3 Å². The Kier molecular flexibility index (Phi) is 6.43. The highest BCUT2D eigenvalue weighted by Gasteiger charge is 2.17. The molecule has 1 amide bonds. The maximum Gasteiger partial charge on any atom is 0.357 e. The molecule has 11 heteroatoms. The van der Waals surface area contributed by atoms with E-state index in [2.05, 4.69) is 15.0 Å². The number of thiazole rings is 1. The van der Waals surface area contributed by atoms with Gasteiger partial charge in [-0.05, 0) is 49.4 Å². The summed E-state index contributed by atoms with van der Waals surface area (Å²) in [6.45, 7) is 1.88. The highest BCUT2D eigenvalue weighted by atomic mass is 32.2. The van der Waals surface area contributed by atoms with Crippen molar-refractivity contribution in [3.8, 4) is 0 Å². The SMILES string of the molecule is CCOC(=O)c1csc(NC(=O)c2cccc(NS(=O)(=O)c3ccc(F)cc3)c2)n1. The van der Waals surface area contributed by atoms with Crippen molar-refractivity contribution in [2.45, 2.75) is 11.8 Å². The fraction of sp³-hybridized carbons (Fsp3) is 0.105. The van der Waals surface area contributed by atoms with Gasteiger partial charge in [-0.3, -0.25) is 14.8 Å². The number of hydrogen-bond donors (Lipinski definition) is 2. The first-order valence-corrected chi connectivity index (χ1v) is 11.0. The minimum atomic E-state index is -3.95. The highest BCUT2D eigenvalue weighted by molar-refractivity contribution is 7.92. The lowest BCUT2D eigenvalue weighted by Crippen LogP contribution is -2.15. The van der Waals surface area contributed by atoms with Crippen LogP contribution in [0.3, 0.4) is 0 Å². The number of carbonyl (C=O) groups excluding carboxylic acids is 2. The second-order valence-corrected chi connectivity index (χ2v) is 8.39. The lowest BCUT2D eigenvalue weighted by Gasteiger charge is -2.09. The van der Waals surface area contributed by atoms with Crippen LogP contribution in [-0.2, 0) is 14.8 Å². The summed E-state index contributed by atoms with van der Waals surface area (Å²) < 4.78 is 45.0. The Hall–Kier alpha value is -3.31. The molecule has 0 radical (unpaired) electrons. The van der Waals surface area contributed by atoms with Crippen molar-refractivity contribution >= 4 is 44.1 Å². The third-order valence-electron chi connectivity index (χ3n) is 3.71. The van der Waals surface area contributed by atoms with E-state index >= 15 is 0 Å². The molecule has 3 rings (SSSR count). The van der Waals surface area contributed by atoms with E-state index in [1.54, 1.807) is 6.92 Å². The van der Waals surface area contributed by atoms with Gasteiger partial charge in [-0.1, -0.05) is 6.07 Å². The highest BCUT2D eigenvalue weighted by Crippen LogP contribution is 2.20. The molecule has 0 bridgehead atoms. The van der Waals surface area contributed by atoms with Crippen LogP contribution in [0.25, 0.3) is 0 Å². The number of halogens is 1. The molecule has 30 heavy (non-hydrogen) atoms. The number of anilines is 2. The molecule has 0 aliphatic rings. The number of aromatic nitrogens is 1. The zero-order valence-electron chi connectivity index (χ0n) is 15.6. The van der Waals surface area contributed by atoms with Gasteiger partial charge in [0, 0.05) is 16.6 Å². The monoisotopic (exact) mass is 449 g/mol. The van der Waals surface area contributed by atoms with E-state index in [0.717, 1.165) is 35.6 Å². The Morgan fingerprint density at radius 2 is 1.90 bits per heavy atom. The molecule has 1 heterocycles. The summed E-state index contributed by atoms with van der Waals surface area (Å²) in [6, 6.07) is 10.2. The van der Waals surface area contributed by atoms with Crippen LogP contribution in [0.1, 0.15) is 27.8 Å². The average molecular weight is 449 g/mol. The Bertz CT molecular complexity index is 1180. The lowest BCUT2D eigenvalue weighted by atomic mass is 10.2. The van der Waals surface area contributed by atoms with Crippen LogP contribution in [0, 0.1) is 5.82 Å². The van der Waals surface area contributed by atoms with Gasteiger partial charge in [-0.25, -0.2) is 22.6 Å². The van der Waals surface area contributed by atoms with Gasteiger partial charge in [0.15, 0.2) is 10.8 Å². The normalized spacial score (nSPS) is 11.0. The predicted octanol–water partition coefficient (Wildman–Crippen LogP) is 3.51. The first kappa shape index (κ1) is 21.4. The summed E-state index contributed by atoms with van der Waals surface area (Å²) in [4.78, 5) is 28.0. The Morgan fingerprint density at radius 3 is 2.60 bits per heavy atom. The second-order valence-electron chi connectivity index (χ2n) is 5.85. The largest absolute Gasteiger partial charge is 0.461 e. The van der Waals surface area contributed by atoms with E-state index in [-0.39, 0.29) is 33.6 Å². The molecule has 0 unspecified atom stereocenters. The molecule has 0 saturated heterocycles. The first-order chi connectivity index (χ1) is 14.3. The summed E-state index contributed by atoms with van der Waals surface area (Å²) in [5.74, 6) is -1.69. The Balaban J connectivity index is 1.72. The molecule has 1 aromatic heterocycles. The van der Waals surface area contributed by atoms with Crippen LogP contribution >= 0.6 is 11.3 Å². The zero-order chi connectivity index (χ0) is 21.7. The quantitative estimate of drug-likeness (QED) is 0.534. The number of esters is 1. The van der Waals surface area contributed by atoms with E-state index in [4.69, 9.17) is 4.74 Å². The summed E-state index contributed by atoms with van der Waals surface area (Å²) in [7, 11) is -3.95. The van der Waals surface area contributed by atoms with Crippen molar-refractivity contribution in [2.75, 3.05) is 16.6 Å². The fourth-order valence-corrected chi connectivity index (χ4v) is 4.08. The summed E-state index contributed by atoms with van der Waals surface area (Å²) in [6.07, 6.45) is 0. The maximum atomic E-state index is 13.0. The minimum absolute atomic E-state index is 0.0814. The van der Waals surface area contributed by atoms with Crippen molar-refractivity contribution in [1.29, 1.82) is 0 Å². The van der Waals surface area contributed by atoms with Crippen molar-refractivity contribution in [3.63, 3.8) is 0 Å². The number of rotatable bonds is 7. The molecule has 0 atom stereocenters. The standard InChI is InChI=1S/C19H16FN3O5S2/c1-2-28-18(25)16-11-29-19(21-16)22-17(24)12-4-3-5-14(10-12)23-30(26,27)15-8-6-13(20)7-9-15/h3-11,23H,2H2,1H3,(H,21,22,24). The van der Waals surface area contributed by atoms with Crippen LogP contribution in [-0.4, -0.2) is 31.9 Å². The second kappa shape index (κ2) is 9.01. The third kappa shape index (κ3) is 5.19. The van der Waals surface area contributed by atoms with Crippen LogP contribution in [0.5, 0.6) is 0 Å².